The molecule has 112 valence electrons. The minimum Gasteiger partial charge on any atom is -0.351 e. The second-order valence-electron chi connectivity index (χ2n) is 5.67. The number of carbonyl (C=O) groups is 1. The molecule has 1 aliphatic rings. The number of amides is 1. The number of aryl methyl sites for hydroxylation is 1. The summed E-state index contributed by atoms with van der Waals surface area (Å²) in [7, 11) is 1.85. The Morgan fingerprint density at radius 1 is 1.30 bits per heavy atom. The van der Waals surface area contributed by atoms with Crippen LogP contribution in [0.2, 0.25) is 0 Å². The van der Waals surface area contributed by atoms with Crippen molar-refractivity contribution in [3.8, 4) is 0 Å². The Labute approximate surface area is 121 Å². The van der Waals surface area contributed by atoms with Gasteiger partial charge in [-0.05, 0) is 19.8 Å². The number of rotatable bonds is 5. The number of hydrogen-bond acceptors (Lipinski definition) is 3. The summed E-state index contributed by atoms with van der Waals surface area (Å²) >= 11 is 0. The first kappa shape index (κ1) is 15.0. The standard InChI is InChI=1S/C15H26N4O/c1-12-14(11-18-19(12)2)15(20)17-10-9-16-13-7-5-3-4-6-8-13/h11,13,16H,3-10H2,1-2H3,(H,17,20). The maximum Gasteiger partial charge on any atom is 0.254 e. The molecule has 2 N–H and O–H groups in total. The van der Waals surface area contributed by atoms with E-state index in [9.17, 15) is 4.79 Å². The Kier molecular flexibility index (Phi) is 5.59. The monoisotopic (exact) mass is 278 g/mol. The highest BCUT2D eigenvalue weighted by Gasteiger charge is 2.13. The summed E-state index contributed by atoms with van der Waals surface area (Å²) < 4.78 is 1.72. The molecule has 5 heteroatoms. The normalized spacial score (nSPS) is 16.9. The van der Waals surface area contributed by atoms with Gasteiger partial charge in [0.15, 0.2) is 0 Å². The van der Waals surface area contributed by atoms with E-state index in [0.717, 1.165) is 12.2 Å². The zero-order chi connectivity index (χ0) is 14.4. The molecule has 1 amide bonds. The summed E-state index contributed by atoms with van der Waals surface area (Å²) in [6, 6.07) is 0.634. The second-order valence-corrected chi connectivity index (χ2v) is 5.67. The Morgan fingerprint density at radius 2 is 2.00 bits per heavy atom. The third-order valence-corrected chi connectivity index (χ3v) is 4.18. The van der Waals surface area contributed by atoms with E-state index in [-0.39, 0.29) is 5.91 Å². The van der Waals surface area contributed by atoms with Crippen LogP contribution >= 0.6 is 0 Å². The van der Waals surface area contributed by atoms with Gasteiger partial charge in [0, 0.05) is 31.9 Å². The largest absolute Gasteiger partial charge is 0.351 e. The maximum atomic E-state index is 12.0. The molecule has 1 fully saturated rings. The fourth-order valence-electron chi connectivity index (χ4n) is 2.75. The van der Waals surface area contributed by atoms with Gasteiger partial charge in [0.2, 0.25) is 0 Å². The minimum absolute atomic E-state index is 0.0294. The highest BCUT2D eigenvalue weighted by atomic mass is 16.1. The Morgan fingerprint density at radius 3 is 2.60 bits per heavy atom. The van der Waals surface area contributed by atoms with Crippen molar-refractivity contribution >= 4 is 5.91 Å². The summed E-state index contributed by atoms with van der Waals surface area (Å²) in [5, 5.41) is 10.6. The number of hydrogen-bond donors (Lipinski definition) is 2. The fraction of sp³-hybridized carbons (Fsp3) is 0.733. The van der Waals surface area contributed by atoms with Crippen LogP contribution in [0.5, 0.6) is 0 Å². The summed E-state index contributed by atoms with van der Waals surface area (Å²) in [5.74, 6) is -0.0294. The Bertz CT molecular complexity index is 433. The van der Waals surface area contributed by atoms with E-state index in [4.69, 9.17) is 0 Å². The van der Waals surface area contributed by atoms with Crippen LogP contribution in [0.25, 0.3) is 0 Å². The molecule has 0 atom stereocenters. The molecule has 0 radical (unpaired) electrons. The lowest BCUT2D eigenvalue weighted by molar-refractivity contribution is 0.0952. The molecule has 0 aromatic carbocycles. The van der Waals surface area contributed by atoms with Gasteiger partial charge in [0.05, 0.1) is 11.8 Å². The highest BCUT2D eigenvalue weighted by Crippen LogP contribution is 2.16. The number of aromatic nitrogens is 2. The van der Waals surface area contributed by atoms with Crippen LogP contribution in [0.3, 0.4) is 0 Å². The summed E-state index contributed by atoms with van der Waals surface area (Å²) in [6.45, 7) is 3.42. The van der Waals surface area contributed by atoms with E-state index in [2.05, 4.69) is 15.7 Å². The average molecular weight is 278 g/mol. The lowest BCUT2D eigenvalue weighted by atomic mass is 10.1. The molecule has 1 heterocycles. The number of nitrogens with zero attached hydrogens (tertiary/aromatic N) is 2. The SMILES string of the molecule is Cc1c(C(=O)NCCNC2CCCCCC2)cnn1C. The van der Waals surface area contributed by atoms with Crippen LogP contribution in [-0.4, -0.2) is 34.8 Å². The van der Waals surface area contributed by atoms with Crippen LogP contribution in [0.1, 0.15) is 54.6 Å². The van der Waals surface area contributed by atoms with Gasteiger partial charge in [-0.15, -0.1) is 0 Å². The third-order valence-electron chi connectivity index (χ3n) is 4.18. The molecule has 2 rings (SSSR count). The van der Waals surface area contributed by atoms with Crippen molar-refractivity contribution in [2.45, 2.75) is 51.5 Å². The fourth-order valence-corrected chi connectivity index (χ4v) is 2.75. The van der Waals surface area contributed by atoms with E-state index >= 15 is 0 Å². The summed E-state index contributed by atoms with van der Waals surface area (Å²) in [6.07, 6.45) is 9.58. The van der Waals surface area contributed by atoms with Crippen molar-refractivity contribution in [3.05, 3.63) is 17.5 Å². The van der Waals surface area contributed by atoms with Crippen LogP contribution in [0.15, 0.2) is 6.20 Å². The number of carbonyl (C=O) groups excluding carboxylic acids is 1. The maximum absolute atomic E-state index is 12.0. The summed E-state index contributed by atoms with van der Waals surface area (Å²) in [5.41, 5.74) is 1.57. The molecule has 0 saturated heterocycles. The zero-order valence-corrected chi connectivity index (χ0v) is 12.6. The van der Waals surface area contributed by atoms with Gasteiger partial charge in [0.1, 0.15) is 0 Å². The van der Waals surface area contributed by atoms with Crippen LogP contribution < -0.4 is 10.6 Å². The van der Waals surface area contributed by atoms with Crippen molar-refractivity contribution in [2.75, 3.05) is 13.1 Å². The molecule has 1 saturated carbocycles. The molecule has 1 aromatic heterocycles. The van der Waals surface area contributed by atoms with E-state index in [0.29, 0.717) is 18.2 Å². The predicted octanol–water partition coefficient (Wildman–Crippen LogP) is 1.77. The smallest absolute Gasteiger partial charge is 0.254 e. The van der Waals surface area contributed by atoms with Crippen LogP contribution in [-0.2, 0) is 7.05 Å². The molecule has 0 aliphatic heterocycles. The van der Waals surface area contributed by atoms with Crippen LogP contribution in [0.4, 0.5) is 0 Å². The lowest BCUT2D eigenvalue weighted by Gasteiger charge is -2.16. The first-order valence-corrected chi connectivity index (χ1v) is 7.68. The lowest BCUT2D eigenvalue weighted by Crippen LogP contribution is -2.37. The molecule has 0 bridgehead atoms. The van der Waals surface area contributed by atoms with Gasteiger partial charge in [-0.2, -0.15) is 5.10 Å². The second kappa shape index (κ2) is 7.43. The van der Waals surface area contributed by atoms with Crippen molar-refractivity contribution in [1.29, 1.82) is 0 Å². The molecule has 5 nitrogen and oxygen atoms in total. The van der Waals surface area contributed by atoms with Crippen molar-refractivity contribution in [2.24, 2.45) is 7.05 Å². The van der Waals surface area contributed by atoms with Crippen molar-refractivity contribution in [3.63, 3.8) is 0 Å². The first-order valence-electron chi connectivity index (χ1n) is 7.68. The minimum atomic E-state index is -0.0294. The molecule has 20 heavy (non-hydrogen) atoms. The zero-order valence-electron chi connectivity index (χ0n) is 12.6. The molecular weight excluding hydrogens is 252 g/mol. The van der Waals surface area contributed by atoms with Gasteiger partial charge >= 0.3 is 0 Å². The topological polar surface area (TPSA) is 59.0 Å². The Balaban J connectivity index is 1.68. The van der Waals surface area contributed by atoms with E-state index in [1.54, 1.807) is 10.9 Å². The summed E-state index contributed by atoms with van der Waals surface area (Å²) in [4.78, 5) is 12.0. The quantitative estimate of drug-likeness (QED) is 0.637. The van der Waals surface area contributed by atoms with Gasteiger partial charge in [0.25, 0.3) is 5.91 Å². The molecule has 1 aliphatic carbocycles. The van der Waals surface area contributed by atoms with Gasteiger partial charge < -0.3 is 10.6 Å². The molecule has 0 unspecified atom stereocenters. The van der Waals surface area contributed by atoms with E-state index in [1.165, 1.54) is 38.5 Å². The van der Waals surface area contributed by atoms with E-state index in [1.807, 2.05) is 14.0 Å². The molecule has 1 aromatic rings. The van der Waals surface area contributed by atoms with Gasteiger partial charge in [-0.1, -0.05) is 25.7 Å². The Hall–Kier alpha value is -1.36. The van der Waals surface area contributed by atoms with Crippen molar-refractivity contribution < 1.29 is 4.79 Å². The van der Waals surface area contributed by atoms with E-state index < -0.39 is 0 Å². The van der Waals surface area contributed by atoms with Gasteiger partial charge in [-0.3, -0.25) is 9.48 Å². The van der Waals surface area contributed by atoms with Crippen LogP contribution in [0, 0.1) is 6.92 Å². The number of nitrogens with one attached hydrogen (secondary N) is 2. The first-order chi connectivity index (χ1) is 9.68. The van der Waals surface area contributed by atoms with Gasteiger partial charge in [-0.25, -0.2) is 0 Å². The molecule has 0 spiro atoms. The third kappa shape index (κ3) is 4.07. The molecular formula is C15H26N4O. The van der Waals surface area contributed by atoms with Crippen molar-refractivity contribution in [1.82, 2.24) is 20.4 Å². The average Bonchev–Trinajstić information content (AvgIpc) is 2.67. The highest BCUT2D eigenvalue weighted by molar-refractivity contribution is 5.94. The predicted molar refractivity (Wildman–Crippen MR) is 79.8 cm³/mol.